The van der Waals surface area contributed by atoms with Crippen molar-refractivity contribution in [1.82, 2.24) is 9.88 Å². The van der Waals surface area contributed by atoms with Crippen LogP contribution in [-0.4, -0.2) is 47.6 Å². The largest absolute Gasteiger partial charge is 0.363 e. The van der Waals surface area contributed by atoms with Gasteiger partial charge in [0.1, 0.15) is 12.4 Å². The number of likely N-dealkylation sites (tertiary alicyclic amines) is 1. The highest BCUT2D eigenvalue weighted by atomic mass is 32.1. The SMILES string of the molecule is O=C1COC2(CCN(Cc3cscn3)CC2)CN1c1cccc(F)c1. The van der Waals surface area contributed by atoms with Crippen LogP contribution in [0.15, 0.2) is 35.2 Å². The summed E-state index contributed by atoms with van der Waals surface area (Å²) in [5.41, 5.74) is 3.23. The van der Waals surface area contributed by atoms with Gasteiger partial charge in [-0.15, -0.1) is 11.3 Å². The van der Waals surface area contributed by atoms with E-state index in [-0.39, 0.29) is 23.9 Å². The van der Waals surface area contributed by atoms with E-state index in [2.05, 4.69) is 15.3 Å². The molecule has 0 unspecified atom stereocenters. The van der Waals surface area contributed by atoms with Crippen molar-refractivity contribution < 1.29 is 13.9 Å². The maximum Gasteiger partial charge on any atom is 0.253 e. The van der Waals surface area contributed by atoms with Crippen LogP contribution in [0, 0.1) is 5.82 Å². The van der Waals surface area contributed by atoms with Gasteiger partial charge in [-0.05, 0) is 31.0 Å². The molecule has 1 aromatic carbocycles. The van der Waals surface area contributed by atoms with Gasteiger partial charge in [0.2, 0.25) is 0 Å². The molecule has 5 nitrogen and oxygen atoms in total. The van der Waals surface area contributed by atoms with Crippen molar-refractivity contribution in [2.75, 3.05) is 31.1 Å². The Hall–Kier alpha value is -1.83. The number of benzene rings is 1. The number of ether oxygens (including phenoxy) is 1. The van der Waals surface area contributed by atoms with Crippen LogP contribution < -0.4 is 4.90 Å². The van der Waals surface area contributed by atoms with Crippen molar-refractivity contribution in [1.29, 1.82) is 0 Å². The smallest absolute Gasteiger partial charge is 0.253 e. The molecule has 2 aliphatic rings. The quantitative estimate of drug-likeness (QED) is 0.843. The molecule has 2 fully saturated rings. The Morgan fingerprint density at radius 2 is 2.16 bits per heavy atom. The van der Waals surface area contributed by atoms with Gasteiger partial charge in [0, 0.05) is 30.7 Å². The third kappa shape index (κ3) is 3.58. The van der Waals surface area contributed by atoms with Crippen molar-refractivity contribution in [3.05, 3.63) is 46.7 Å². The van der Waals surface area contributed by atoms with Crippen molar-refractivity contribution in [3.8, 4) is 0 Å². The second-order valence-corrected chi connectivity index (χ2v) is 7.41. The number of morpholine rings is 1. The van der Waals surface area contributed by atoms with Crippen LogP contribution in [0.2, 0.25) is 0 Å². The van der Waals surface area contributed by atoms with Gasteiger partial charge >= 0.3 is 0 Å². The summed E-state index contributed by atoms with van der Waals surface area (Å²) in [6.45, 7) is 3.21. The summed E-state index contributed by atoms with van der Waals surface area (Å²) in [5.74, 6) is -0.440. The molecule has 0 radical (unpaired) electrons. The van der Waals surface area contributed by atoms with Crippen molar-refractivity contribution in [3.63, 3.8) is 0 Å². The molecule has 1 aromatic heterocycles. The van der Waals surface area contributed by atoms with Gasteiger partial charge in [0.05, 0.1) is 23.4 Å². The molecule has 0 bridgehead atoms. The number of thiazole rings is 1. The summed E-state index contributed by atoms with van der Waals surface area (Å²) >= 11 is 1.61. The Morgan fingerprint density at radius 1 is 1.32 bits per heavy atom. The van der Waals surface area contributed by atoms with Crippen LogP contribution in [0.1, 0.15) is 18.5 Å². The highest BCUT2D eigenvalue weighted by molar-refractivity contribution is 7.07. The molecule has 0 N–H and O–H groups in total. The molecule has 132 valence electrons. The first-order valence-electron chi connectivity index (χ1n) is 8.43. The van der Waals surface area contributed by atoms with Gasteiger partial charge in [-0.3, -0.25) is 9.69 Å². The van der Waals surface area contributed by atoms with Gasteiger partial charge in [-0.1, -0.05) is 6.07 Å². The van der Waals surface area contributed by atoms with E-state index in [1.165, 1.54) is 12.1 Å². The number of amides is 1. The molecule has 0 aliphatic carbocycles. The van der Waals surface area contributed by atoms with E-state index in [0.717, 1.165) is 38.2 Å². The number of halogens is 1. The molecular weight excluding hydrogens is 341 g/mol. The molecular formula is C18H20FN3O2S. The summed E-state index contributed by atoms with van der Waals surface area (Å²) in [6.07, 6.45) is 1.71. The summed E-state index contributed by atoms with van der Waals surface area (Å²) in [4.78, 5) is 20.6. The Labute approximate surface area is 150 Å². The van der Waals surface area contributed by atoms with Crippen molar-refractivity contribution in [2.24, 2.45) is 0 Å². The number of nitrogens with zero attached hydrogens (tertiary/aromatic N) is 3. The fraction of sp³-hybridized carbons (Fsp3) is 0.444. The number of rotatable bonds is 3. The molecule has 7 heteroatoms. The number of piperidine rings is 1. The lowest BCUT2D eigenvalue weighted by molar-refractivity contribution is -0.145. The third-order valence-corrected chi connectivity index (χ3v) is 5.64. The first-order valence-corrected chi connectivity index (χ1v) is 9.37. The average Bonchev–Trinajstić information content (AvgIpc) is 3.12. The second-order valence-electron chi connectivity index (χ2n) is 6.69. The predicted molar refractivity (Wildman–Crippen MR) is 94.1 cm³/mol. The number of carbonyl (C=O) groups excluding carboxylic acids is 1. The maximum atomic E-state index is 13.5. The first kappa shape index (κ1) is 16.6. The Kier molecular flexibility index (Phi) is 4.54. The van der Waals surface area contributed by atoms with Crippen LogP contribution in [0.5, 0.6) is 0 Å². The molecule has 1 amide bonds. The van der Waals surface area contributed by atoms with Gasteiger partial charge in [-0.2, -0.15) is 0 Å². The Bertz CT molecular complexity index is 745. The fourth-order valence-corrected chi connectivity index (χ4v) is 4.11. The summed E-state index contributed by atoms with van der Waals surface area (Å²) in [6, 6.07) is 6.21. The minimum Gasteiger partial charge on any atom is -0.363 e. The number of anilines is 1. The zero-order valence-electron chi connectivity index (χ0n) is 13.9. The zero-order chi connectivity index (χ0) is 17.3. The monoisotopic (exact) mass is 361 g/mol. The molecule has 3 heterocycles. The standard InChI is InChI=1S/C18H20FN3O2S/c19-14-2-1-3-16(8-14)22-12-18(24-10-17(22)23)4-6-21(7-5-18)9-15-11-25-13-20-15/h1-3,8,11,13H,4-7,9-10,12H2. The Balaban J connectivity index is 1.43. The van der Waals surface area contributed by atoms with E-state index in [1.807, 2.05) is 5.51 Å². The van der Waals surface area contributed by atoms with Gasteiger partial charge in [0.25, 0.3) is 5.91 Å². The Morgan fingerprint density at radius 3 is 2.88 bits per heavy atom. The van der Waals surface area contributed by atoms with Gasteiger partial charge in [0.15, 0.2) is 0 Å². The first-order chi connectivity index (χ1) is 12.1. The summed E-state index contributed by atoms with van der Waals surface area (Å²) in [5, 5.41) is 2.08. The van der Waals surface area contributed by atoms with E-state index in [9.17, 15) is 9.18 Å². The lowest BCUT2D eigenvalue weighted by Gasteiger charge is -2.46. The number of hydrogen-bond donors (Lipinski definition) is 0. The number of carbonyl (C=O) groups is 1. The van der Waals surface area contributed by atoms with Crippen LogP contribution >= 0.6 is 11.3 Å². The van der Waals surface area contributed by atoms with Crippen LogP contribution in [0.25, 0.3) is 0 Å². The average molecular weight is 361 g/mol. The third-order valence-electron chi connectivity index (χ3n) is 5.01. The fourth-order valence-electron chi connectivity index (χ4n) is 3.56. The molecule has 2 aromatic rings. The topological polar surface area (TPSA) is 45.7 Å². The minimum absolute atomic E-state index is 0.0581. The number of hydrogen-bond acceptors (Lipinski definition) is 5. The molecule has 0 saturated carbocycles. The molecule has 2 saturated heterocycles. The highest BCUT2D eigenvalue weighted by Crippen LogP contribution is 2.33. The van der Waals surface area contributed by atoms with Crippen molar-refractivity contribution >= 4 is 22.9 Å². The van der Waals surface area contributed by atoms with Crippen molar-refractivity contribution in [2.45, 2.75) is 25.0 Å². The molecule has 4 rings (SSSR count). The van der Waals surface area contributed by atoms with E-state index >= 15 is 0 Å². The van der Waals surface area contributed by atoms with E-state index < -0.39 is 0 Å². The normalized spacial score (nSPS) is 21.0. The van der Waals surface area contributed by atoms with E-state index in [1.54, 1.807) is 28.4 Å². The zero-order valence-corrected chi connectivity index (χ0v) is 14.7. The van der Waals surface area contributed by atoms with Crippen LogP contribution in [0.3, 0.4) is 0 Å². The van der Waals surface area contributed by atoms with Crippen LogP contribution in [-0.2, 0) is 16.1 Å². The number of aromatic nitrogens is 1. The highest BCUT2D eigenvalue weighted by Gasteiger charge is 2.42. The van der Waals surface area contributed by atoms with E-state index in [0.29, 0.717) is 12.2 Å². The molecule has 2 aliphatic heterocycles. The lowest BCUT2D eigenvalue weighted by Crippen LogP contribution is -2.58. The van der Waals surface area contributed by atoms with Gasteiger partial charge < -0.3 is 9.64 Å². The minimum atomic E-state index is -0.335. The summed E-state index contributed by atoms with van der Waals surface area (Å²) in [7, 11) is 0. The summed E-state index contributed by atoms with van der Waals surface area (Å²) < 4.78 is 19.5. The maximum absolute atomic E-state index is 13.5. The van der Waals surface area contributed by atoms with Crippen LogP contribution in [0.4, 0.5) is 10.1 Å². The molecule has 1 spiro atoms. The molecule has 0 atom stereocenters. The predicted octanol–water partition coefficient (Wildman–Crippen LogP) is 2.68. The van der Waals surface area contributed by atoms with Gasteiger partial charge in [-0.25, -0.2) is 9.37 Å². The molecule has 25 heavy (non-hydrogen) atoms. The lowest BCUT2D eigenvalue weighted by atomic mass is 9.89. The van der Waals surface area contributed by atoms with E-state index in [4.69, 9.17) is 4.74 Å². The second kappa shape index (κ2) is 6.82.